The van der Waals surface area contributed by atoms with Crippen molar-refractivity contribution in [2.24, 2.45) is 5.73 Å². The molecule has 17 heavy (non-hydrogen) atoms. The van der Waals surface area contributed by atoms with E-state index >= 15 is 0 Å². The van der Waals surface area contributed by atoms with Crippen LogP contribution in [0.1, 0.15) is 26.2 Å². The molecule has 1 aromatic heterocycles. The maximum absolute atomic E-state index is 11.7. The van der Waals surface area contributed by atoms with Crippen LogP contribution in [-0.2, 0) is 4.79 Å². The van der Waals surface area contributed by atoms with Gasteiger partial charge in [-0.25, -0.2) is 9.97 Å². The molecule has 0 spiro atoms. The van der Waals surface area contributed by atoms with E-state index in [4.69, 9.17) is 28.9 Å². The molecule has 1 heterocycles. The number of rotatable bonds is 5. The van der Waals surface area contributed by atoms with Gasteiger partial charge in [-0.15, -0.1) is 0 Å². The van der Waals surface area contributed by atoms with Crippen molar-refractivity contribution in [3.63, 3.8) is 0 Å². The first-order chi connectivity index (χ1) is 8.02. The summed E-state index contributed by atoms with van der Waals surface area (Å²) in [6.45, 7) is 2.04. The van der Waals surface area contributed by atoms with E-state index in [2.05, 4.69) is 15.3 Å². The van der Waals surface area contributed by atoms with Gasteiger partial charge in [-0.3, -0.25) is 4.79 Å². The second kappa shape index (κ2) is 6.74. The van der Waals surface area contributed by atoms with Crippen molar-refractivity contribution >= 4 is 34.9 Å². The Morgan fingerprint density at radius 3 is 2.82 bits per heavy atom. The number of nitrogens with one attached hydrogen (secondary N) is 1. The molecule has 0 bridgehead atoms. The lowest BCUT2D eigenvalue weighted by molar-refractivity contribution is -0.117. The summed E-state index contributed by atoms with van der Waals surface area (Å²) in [6.07, 6.45) is 2.53. The number of hydrogen-bond acceptors (Lipinski definition) is 4. The molecule has 1 amide bonds. The smallest absolute Gasteiger partial charge is 0.242 e. The Bertz CT molecular complexity index is 380. The van der Waals surface area contributed by atoms with Crippen molar-refractivity contribution in [2.75, 3.05) is 5.32 Å². The standard InChI is InChI=1S/C10H14Cl2N4O/c1-2-3-4-6(13)9(17)15-8-5-7(11)14-10(12)16-8/h5-6H,2-4,13H2,1H3,(H,14,15,16,17)/t6-/m0/s1. The highest BCUT2D eigenvalue weighted by Gasteiger charge is 2.14. The Balaban J connectivity index is 2.61. The molecule has 1 atom stereocenters. The summed E-state index contributed by atoms with van der Waals surface area (Å²) >= 11 is 11.3. The van der Waals surface area contributed by atoms with Crippen LogP contribution in [0.4, 0.5) is 5.82 Å². The molecule has 0 radical (unpaired) electrons. The number of aromatic nitrogens is 2. The fourth-order valence-corrected chi connectivity index (χ4v) is 1.64. The minimum absolute atomic E-state index is 0.0186. The van der Waals surface area contributed by atoms with Crippen LogP contribution in [0.25, 0.3) is 0 Å². The lowest BCUT2D eigenvalue weighted by Gasteiger charge is -2.11. The highest BCUT2D eigenvalue weighted by molar-refractivity contribution is 6.32. The van der Waals surface area contributed by atoms with Gasteiger partial charge in [-0.05, 0) is 18.0 Å². The third-order valence-corrected chi connectivity index (χ3v) is 2.49. The van der Waals surface area contributed by atoms with Crippen LogP contribution in [0.3, 0.4) is 0 Å². The number of carbonyl (C=O) groups excluding carboxylic acids is 1. The highest BCUT2D eigenvalue weighted by Crippen LogP contribution is 2.14. The van der Waals surface area contributed by atoms with E-state index in [1.807, 2.05) is 6.92 Å². The molecule has 1 aromatic rings. The molecule has 1 rings (SSSR count). The molecule has 0 fully saturated rings. The van der Waals surface area contributed by atoms with Gasteiger partial charge in [0.05, 0.1) is 6.04 Å². The maximum Gasteiger partial charge on any atom is 0.242 e. The van der Waals surface area contributed by atoms with E-state index < -0.39 is 6.04 Å². The number of unbranched alkanes of at least 4 members (excludes halogenated alkanes) is 1. The normalized spacial score (nSPS) is 12.2. The zero-order valence-electron chi connectivity index (χ0n) is 9.41. The van der Waals surface area contributed by atoms with Gasteiger partial charge in [0.2, 0.25) is 11.2 Å². The predicted octanol–water partition coefficient (Wildman–Crippen LogP) is 2.24. The molecule has 94 valence electrons. The number of carbonyl (C=O) groups is 1. The Kier molecular flexibility index (Phi) is 5.61. The number of hydrogen-bond donors (Lipinski definition) is 2. The van der Waals surface area contributed by atoms with Crippen molar-refractivity contribution in [1.82, 2.24) is 9.97 Å². The Labute approximate surface area is 110 Å². The summed E-state index contributed by atoms with van der Waals surface area (Å²) in [5.74, 6) is -0.0452. The molecule has 0 unspecified atom stereocenters. The first-order valence-corrected chi connectivity index (χ1v) is 6.05. The molecule has 0 aromatic carbocycles. The van der Waals surface area contributed by atoms with Crippen molar-refractivity contribution in [3.05, 3.63) is 16.5 Å². The molecule has 0 saturated heterocycles. The second-order valence-corrected chi connectivity index (χ2v) is 4.31. The van der Waals surface area contributed by atoms with Crippen LogP contribution in [0.5, 0.6) is 0 Å². The van der Waals surface area contributed by atoms with Gasteiger partial charge >= 0.3 is 0 Å². The van der Waals surface area contributed by atoms with Gasteiger partial charge in [0.15, 0.2) is 0 Å². The number of nitrogens with two attached hydrogens (primary N) is 1. The minimum Gasteiger partial charge on any atom is -0.320 e. The average molecular weight is 277 g/mol. The van der Waals surface area contributed by atoms with Crippen LogP contribution in [0.2, 0.25) is 10.4 Å². The quantitative estimate of drug-likeness (QED) is 0.638. The largest absolute Gasteiger partial charge is 0.320 e. The van der Waals surface area contributed by atoms with Crippen LogP contribution < -0.4 is 11.1 Å². The topological polar surface area (TPSA) is 80.9 Å². The molecule has 0 aliphatic heterocycles. The van der Waals surface area contributed by atoms with E-state index in [0.717, 1.165) is 12.8 Å². The lowest BCUT2D eigenvalue weighted by Crippen LogP contribution is -2.35. The summed E-state index contributed by atoms with van der Waals surface area (Å²) in [7, 11) is 0. The van der Waals surface area contributed by atoms with Gasteiger partial charge in [0.25, 0.3) is 0 Å². The predicted molar refractivity (Wildman–Crippen MR) is 68.2 cm³/mol. The number of halogens is 2. The van der Waals surface area contributed by atoms with E-state index in [1.54, 1.807) is 0 Å². The number of amides is 1. The molecular formula is C10H14Cl2N4O. The zero-order chi connectivity index (χ0) is 12.8. The summed E-state index contributed by atoms with van der Waals surface area (Å²) in [5, 5.41) is 2.70. The van der Waals surface area contributed by atoms with Crippen molar-refractivity contribution in [1.29, 1.82) is 0 Å². The molecule has 0 saturated carbocycles. The van der Waals surface area contributed by atoms with E-state index in [1.165, 1.54) is 6.07 Å². The first kappa shape index (κ1) is 14.2. The molecular weight excluding hydrogens is 263 g/mol. The summed E-state index contributed by atoms with van der Waals surface area (Å²) < 4.78 is 0. The fourth-order valence-electron chi connectivity index (χ4n) is 1.23. The molecule has 3 N–H and O–H groups in total. The van der Waals surface area contributed by atoms with Gasteiger partial charge in [-0.1, -0.05) is 31.4 Å². The Morgan fingerprint density at radius 1 is 1.53 bits per heavy atom. The first-order valence-electron chi connectivity index (χ1n) is 5.29. The van der Waals surface area contributed by atoms with Crippen LogP contribution in [-0.4, -0.2) is 21.9 Å². The molecule has 7 heteroatoms. The zero-order valence-corrected chi connectivity index (χ0v) is 10.9. The van der Waals surface area contributed by atoms with Crippen LogP contribution in [0.15, 0.2) is 6.07 Å². The number of anilines is 1. The monoisotopic (exact) mass is 276 g/mol. The van der Waals surface area contributed by atoms with Gasteiger partial charge in [0.1, 0.15) is 11.0 Å². The van der Waals surface area contributed by atoms with Crippen molar-refractivity contribution in [3.8, 4) is 0 Å². The maximum atomic E-state index is 11.7. The Morgan fingerprint density at radius 2 is 2.24 bits per heavy atom. The minimum atomic E-state index is -0.553. The molecule has 5 nitrogen and oxygen atoms in total. The number of nitrogens with zero attached hydrogens (tertiary/aromatic N) is 2. The molecule has 0 aliphatic rings. The second-order valence-electron chi connectivity index (χ2n) is 3.58. The van der Waals surface area contributed by atoms with Crippen LogP contribution in [0, 0.1) is 0 Å². The third-order valence-electron chi connectivity index (χ3n) is 2.12. The Hall–Kier alpha value is -0.910. The van der Waals surface area contributed by atoms with Crippen LogP contribution >= 0.6 is 23.2 Å². The SMILES string of the molecule is CCCC[C@H](N)C(=O)Nc1cc(Cl)nc(Cl)n1. The van der Waals surface area contributed by atoms with E-state index in [9.17, 15) is 4.79 Å². The lowest BCUT2D eigenvalue weighted by atomic mass is 10.1. The summed E-state index contributed by atoms with van der Waals surface area (Å²) in [6, 6.07) is 0.861. The average Bonchev–Trinajstić information content (AvgIpc) is 2.24. The van der Waals surface area contributed by atoms with Crippen molar-refractivity contribution < 1.29 is 4.79 Å². The fraction of sp³-hybridized carbons (Fsp3) is 0.500. The van der Waals surface area contributed by atoms with Gasteiger partial charge in [0, 0.05) is 6.07 Å². The summed E-state index contributed by atoms with van der Waals surface area (Å²) in [5.41, 5.74) is 5.71. The molecule has 0 aliphatic carbocycles. The summed E-state index contributed by atoms with van der Waals surface area (Å²) in [4.78, 5) is 19.2. The third kappa shape index (κ3) is 4.85. The van der Waals surface area contributed by atoms with Gasteiger partial charge < -0.3 is 11.1 Å². The van der Waals surface area contributed by atoms with E-state index in [0.29, 0.717) is 6.42 Å². The van der Waals surface area contributed by atoms with E-state index in [-0.39, 0.29) is 22.2 Å². The van der Waals surface area contributed by atoms with Gasteiger partial charge in [-0.2, -0.15) is 0 Å². The van der Waals surface area contributed by atoms with Crippen molar-refractivity contribution in [2.45, 2.75) is 32.2 Å². The highest BCUT2D eigenvalue weighted by atomic mass is 35.5.